The zero-order valence-electron chi connectivity index (χ0n) is 16.1. The van der Waals surface area contributed by atoms with Gasteiger partial charge in [0.2, 0.25) is 20.0 Å². The molecular formula is C18H22ClN3O5S2. The van der Waals surface area contributed by atoms with Gasteiger partial charge in [0.1, 0.15) is 0 Å². The second kappa shape index (κ2) is 9.23. The predicted molar refractivity (Wildman–Crippen MR) is 111 cm³/mol. The lowest BCUT2D eigenvalue weighted by atomic mass is 10.2. The molecule has 0 aromatic heterocycles. The van der Waals surface area contributed by atoms with Crippen LogP contribution in [0.2, 0.25) is 5.02 Å². The molecule has 0 unspecified atom stereocenters. The summed E-state index contributed by atoms with van der Waals surface area (Å²) >= 11 is 6.02. The monoisotopic (exact) mass is 459 g/mol. The van der Waals surface area contributed by atoms with Crippen molar-refractivity contribution in [1.82, 2.24) is 14.3 Å². The third kappa shape index (κ3) is 5.77. The smallest absolute Gasteiger partial charge is 0.252 e. The van der Waals surface area contributed by atoms with Crippen LogP contribution in [0.4, 0.5) is 0 Å². The summed E-state index contributed by atoms with van der Waals surface area (Å²) in [6, 6.07) is 10.2. The molecule has 2 N–H and O–H groups in total. The van der Waals surface area contributed by atoms with Crippen LogP contribution in [-0.2, 0) is 20.0 Å². The molecule has 0 heterocycles. The Labute approximate surface area is 176 Å². The van der Waals surface area contributed by atoms with Gasteiger partial charge in [-0.05, 0) is 37.3 Å². The molecule has 11 heteroatoms. The lowest BCUT2D eigenvalue weighted by Gasteiger charge is -2.13. The molecule has 1 amide bonds. The minimum absolute atomic E-state index is 0.00902. The van der Waals surface area contributed by atoms with Crippen LogP contribution in [0.15, 0.2) is 52.3 Å². The fraction of sp³-hybridized carbons (Fsp3) is 0.278. The van der Waals surface area contributed by atoms with Gasteiger partial charge in [0.15, 0.2) is 0 Å². The molecule has 0 spiro atoms. The largest absolute Gasteiger partial charge is 0.351 e. The molecule has 0 atom stereocenters. The summed E-state index contributed by atoms with van der Waals surface area (Å²) in [5.41, 5.74) is 0.919. The minimum Gasteiger partial charge on any atom is -0.351 e. The maximum atomic E-state index is 12.4. The molecule has 0 bridgehead atoms. The van der Waals surface area contributed by atoms with Crippen LogP contribution in [-0.4, -0.2) is 54.2 Å². The van der Waals surface area contributed by atoms with Crippen molar-refractivity contribution in [3.63, 3.8) is 0 Å². The highest BCUT2D eigenvalue weighted by Crippen LogP contribution is 2.22. The van der Waals surface area contributed by atoms with Gasteiger partial charge in [0, 0.05) is 27.2 Å². The number of carbonyl (C=O) groups is 1. The lowest BCUT2D eigenvalue weighted by molar-refractivity contribution is 0.0954. The first kappa shape index (κ1) is 23.3. The topological polar surface area (TPSA) is 113 Å². The highest BCUT2D eigenvalue weighted by molar-refractivity contribution is 7.89. The number of nitrogens with one attached hydrogen (secondary N) is 2. The number of nitrogens with zero attached hydrogens (tertiary/aromatic N) is 1. The van der Waals surface area contributed by atoms with Crippen LogP contribution >= 0.6 is 11.6 Å². The molecular weight excluding hydrogens is 438 g/mol. The summed E-state index contributed by atoms with van der Waals surface area (Å²) in [7, 11) is -4.66. The second-order valence-electron chi connectivity index (χ2n) is 6.40. The fourth-order valence-electron chi connectivity index (χ4n) is 2.31. The zero-order valence-corrected chi connectivity index (χ0v) is 18.5. The molecule has 0 aliphatic carbocycles. The molecule has 29 heavy (non-hydrogen) atoms. The zero-order chi connectivity index (χ0) is 21.8. The van der Waals surface area contributed by atoms with Crippen molar-refractivity contribution in [3.05, 3.63) is 58.6 Å². The second-order valence-corrected chi connectivity index (χ2v) is 10.7. The molecule has 2 rings (SSSR count). The van der Waals surface area contributed by atoms with Gasteiger partial charge >= 0.3 is 0 Å². The van der Waals surface area contributed by atoms with E-state index in [4.69, 9.17) is 11.6 Å². The van der Waals surface area contributed by atoms with E-state index in [-0.39, 0.29) is 33.5 Å². The van der Waals surface area contributed by atoms with Crippen molar-refractivity contribution < 1.29 is 21.6 Å². The van der Waals surface area contributed by atoms with Crippen LogP contribution < -0.4 is 10.0 Å². The maximum absolute atomic E-state index is 12.4. The van der Waals surface area contributed by atoms with Gasteiger partial charge in [-0.2, -0.15) is 0 Å². The highest BCUT2D eigenvalue weighted by atomic mass is 35.5. The van der Waals surface area contributed by atoms with Gasteiger partial charge in [-0.15, -0.1) is 0 Å². The Morgan fingerprint density at radius 1 is 0.966 bits per heavy atom. The normalized spacial score (nSPS) is 12.2. The number of amides is 1. The summed E-state index contributed by atoms with van der Waals surface area (Å²) < 4.78 is 52.3. The molecule has 2 aromatic carbocycles. The van der Waals surface area contributed by atoms with Crippen molar-refractivity contribution in [2.24, 2.45) is 0 Å². The molecule has 0 fully saturated rings. The first-order chi connectivity index (χ1) is 13.4. The Balaban J connectivity index is 2.02. The number of benzene rings is 2. The summed E-state index contributed by atoms with van der Waals surface area (Å²) in [6.07, 6.45) is 0. The van der Waals surface area contributed by atoms with Crippen LogP contribution in [0.5, 0.6) is 0 Å². The molecule has 0 aliphatic heterocycles. The first-order valence-corrected chi connectivity index (χ1v) is 11.8. The number of hydrogen-bond acceptors (Lipinski definition) is 5. The van der Waals surface area contributed by atoms with Gasteiger partial charge in [-0.3, -0.25) is 4.79 Å². The number of sulfonamides is 2. The maximum Gasteiger partial charge on any atom is 0.252 e. The molecule has 0 aliphatic rings. The number of hydrogen-bond donors (Lipinski definition) is 2. The van der Waals surface area contributed by atoms with Crippen molar-refractivity contribution in [3.8, 4) is 0 Å². The molecule has 158 valence electrons. The van der Waals surface area contributed by atoms with Gasteiger partial charge in [0.25, 0.3) is 5.91 Å². The Hall–Kier alpha value is -1.98. The van der Waals surface area contributed by atoms with E-state index < -0.39 is 26.0 Å². The average Bonchev–Trinajstić information content (AvgIpc) is 2.65. The molecule has 0 saturated heterocycles. The van der Waals surface area contributed by atoms with Crippen LogP contribution in [0, 0.1) is 6.92 Å². The van der Waals surface area contributed by atoms with Gasteiger partial charge in [-0.1, -0.05) is 29.3 Å². The van der Waals surface area contributed by atoms with E-state index in [1.807, 2.05) is 6.92 Å². The molecule has 0 saturated carbocycles. The Morgan fingerprint density at radius 2 is 1.55 bits per heavy atom. The predicted octanol–water partition coefficient (Wildman–Crippen LogP) is 1.61. The quantitative estimate of drug-likeness (QED) is 0.582. The molecule has 0 radical (unpaired) electrons. The van der Waals surface area contributed by atoms with E-state index >= 15 is 0 Å². The summed E-state index contributed by atoms with van der Waals surface area (Å²) in [5.74, 6) is -0.611. The number of rotatable bonds is 8. The van der Waals surface area contributed by atoms with Crippen molar-refractivity contribution in [2.75, 3.05) is 27.2 Å². The van der Waals surface area contributed by atoms with E-state index in [9.17, 15) is 21.6 Å². The number of carbonyl (C=O) groups excluding carboxylic acids is 1. The van der Waals surface area contributed by atoms with E-state index in [1.54, 1.807) is 12.1 Å². The molecule has 8 nitrogen and oxygen atoms in total. The number of aryl methyl sites for hydroxylation is 1. The van der Waals surface area contributed by atoms with Gasteiger partial charge in [-0.25, -0.2) is 25.9 Å². The summed E-state index contributed by atoms with van der Waals surface area (Å²) in [6.45, 7) is 1.80. The van der Waals surface area contributed by atoms with E-state index in [1.165, 1.54) is 44.4 Å². The van der Waals surface area contributed by atoms with Crippen molar-refractivity contribution in [1.29, 1.82) is 0 Å². The highest BCUT2D eigenvalue weighted by Gasteiger charge is 2.21. The third-order valence-electron chi connectivity index (χ3n) is 3.99. The molecule has 2 aromatic rings. The SMILES string of the molecule is Cc1ccc(S(=O)(=O)NCCNC(=O)c2cc(S(=O)(=O)N(C)C)ccc2Cl)cc1. The lowest BCUT2D eigenvalue weighted by Crippen LogP contribution is -2.35. The minimum atomic E-state index is -3.72. The first-order valence-electron chi connectivity index (χ1n) is 8.52. The van der Waals surface area contributed by atoms with Crippen LogP contribution in [0.25, 0.3) is 0 Å². The van der Waals surface area contributed by atoms with E-state index in [0.717, 1.165) is 9.87 Å². The van der Waals surface area contributed by atoms with Crippen LogP contribution in [0.3, 0.4) is 0 Å². The Bertz CT molecular complexity index is 1100. The standard InChI is InChI=1S/C18H22ClN3O5S2/c1-13-4-6-14(7-5-13)28(24,25)21-11-10-20-18(23)16-12-15(8-9-17(16)19)29(26,27)22(2)3/h4-9,12,21H,10-11H2,1-3H3,(H,20,23). The van der Waals surface area contributed by atoms with Gasteiger partial charge < -0.3 is 5.32 Å². The summed E-state index contributed by atoms with van der Waals surface area (Å²) in [4.78, 5) is 12.4. The average molecular weight is 460 g/mol. The Kier molecular flexibility index (Phi) is 7.41. The number of halogens is 1. The van der Waals surface area contributed by atoms with E-state index in [0.29, 0.717) is 0 Å². The van der Waals surface area contributed by atoms with Crippen molar-refractivity contribution in [2.45, 2.75) is 16.7 Å². The van der Waals surface area contributed by atoms with E-state index in [2.05, 4.69) is 10.0 Å². The van der Waals surface area contributed by atoms with Gasteiger partial charge in [0.05, 0.1) is 20.4 Å². The fourth-order valence-corrected chi connectivity index (χ4v) is 4.47. The van der Waals surface area contributed by atoms with Crippen molar-refractivity contribution >= 4 is 37.6 Å². The van der Waals surface area contributed by atoms with Crippen LogP contribution in [0.1, 0.15) is 15.9 Å². The Morgan fingerprint density at radius 3 is 2.14 bits per heavy atom. The summed E-state index contributed by atoms with van der Waals surface area (Å²) in [5, 5.41) is 2.61. The third-order valence-corrected chi connectivity index (χ3v) is 7.61.